The fourth-order valence-electron chi connectivity index (χ4n) is 1.82. The second kappa shape index (κ2) is 10.2. The van der Waals surface area contributed by atoms with Crippen molar-refractivity contribution in [3.05, 3.63) is 24.3 Å². The van der Waals surface area contributed by atoms with Gasteiger partial charge in [0.15, 0.2) is 18.1 Å². The number of carbonyl (C=O) groups is 1. The van der Waals surface area contributed by atoms with Crippen LogP contribution in [0.4, 0.5) is 0 Å². The summed E-state index contributed by atoms with van der Waals surface area (Å²) in [6.07, 6.45) is 0.247. The Bertz CT molecular complexity index is 500. The monoisotopic (exact) mass is 338 g/mol. The Labute approximate surface area is 144 Å². The number of hydrogen-bond donors (Lipinski definition) is 3. The molecule has 0 aliphatic carbocycles. The van der Waals surface area contributed by atoms with Gasteiger partial charge in [0, 0.05) is 18.6 Å². The first kappa shape index (κ1) is 20.3. The number of benzene rings is 1. The first-order valence-electron chi connectivity index (χ1n) is 8.36. The van der Waals surface area contributed by atoms with Crippen LogP contribution in [0.5, 0.6) is 11.5 Å². The summed E-state index contributed by atoms with van der Waals surface area (Å²) in [4.78, 5) is 11.6. The molecular formula is C18H30N2O4. The predicted octanol–water partition coefficient (Wildman–Crippen LogP) is 1.72. The van der Waals surface area contributed by atoms with E-state index in [2.05, 4.69) is 10.6 Å². The van der Waals surface area contributed by atoms with Crippen molar-refractivity contribution in [3.8, 4) is 11.5 Å². The molecule has 0 spiro atoms. The van der Waals surface area contributed by atoms with Gasteiger partial charge in [0.2, 0.25) is 0 Å². The largest absolute Gasteiger partial charge is 0.487 e. The maximum Gasteiger partial charge on any atom is 0.257 e. The molecule has 1 aromatic rings. The van der Waals surface area contributed by atoms with Crippen LogP contribution < -0.4 is 20.1 Å². The van der Waals surface area contributed by atoms with E-state index in [4.69, 9.17) is 9.47 Å². The second-order valence-electron chi connectivity index (χ2n) is 6.68. The van der Waals surface area contributed by atoms with Crippen LogP contribution in [0.3, 0.4) is 0 Å². The Hall–Kier alpha value is -1.79. The Morgan fingerprint density at radius 2 is 1.83 bits per heavy atom. The number of β-amino-alcohol motifs (C(OH)–C–C–N with tert-alkyl or cyclic N) is 1. The van der Waals surface area contributed by atoms with Gasteiger partial charge in [0.1, 0.15) is 12.7 Å². The number of aliphatic hydroxyl groups excluding tert-OH is 1. The Morgan fingerprint density at radius 1 is 1.21 bits per heavy atom. The van der Waals surface area contributed by atoms with Crippen LogP contribution in [0.15, 0.2) is 24.3 Å². The van der Waals surface area contributed by atoms with Crippen LogP contribution in [0, 0.1) is 0 Å². The van der Waals surface area contributed by atoms with Gasteiger partial charge in [0.25, 0.3) is 5.91 Å². The van der Waals surface area contributed by atoms with E-state index in [1.807, 2.05) is 39.8 Å². The molecule has 6 nitrogen and oxygen atoms in total. The minimum Gasteiger partial charge on any atom is -0.487 e. The standard InChI is InChI=1S/C18H30N2O4/c1-5-10-19-17(22)13-24-16-9-7-6-8-15(16)23-12-14(21)11-20-18(2,3)4/h6-9,14,20-21H,5,10-13H2,1-4H3,(H,19,22). The Morgan fingerprint density at radius 3 is 2.42 bits per heavy atom. The Kier molecular flexibility index (Phi) is 8.57. The summed E-state index contributed by atoms with van der Waals surface area (Å²) in [5.74, 6) is 0.830. The minimum absolute atomic E-state index is 0.0610. The highest BCUT2D eigenvalue weighted by Gasteiger charge is 2.14. The molecule has 0 aromatic heterocycles. The molecule has 1 unspecified atom stereocenters. The van der Waals surface area contributed by atoms with Crippen LogP contribution in [0.25, 0.3) is 0 Å². The summed E-state index contributed by atoms with van der Waals surface area (Å²) < 4.78 is 11.1. The third kappa shape index (κ3) is 8.74. The van der Waals surface area contributed by atoms with Crippen LogP contribution >= 0.6 is 0 Å². The molecule has 0 saturated heterocycles. The number of rotatable bonds is 10. The van der Waals surface area contributed by atoms with Gasteiger partial charge in [0.05, 0.1) is 0 Å². The van der Waals surface area contributed by atoms with Crippen LogP contribution in [-0.2, 0) is 4.79 Å². The number of para-hydroxylation sites is 2. The first-order valence-corrected chi connectivity index (χ1v) is 8.36. The molecule has 0 aliphatic rings. The maximum atomic E-state index is 11.6. The molecule has 1 aromatic carbocycles. The van der Waals surface area contributed by atoms with E-state index in [0.717, 1.165) is 6.42 Å². The van der Waals surface area contributed by atoms with E-state index in [9.17, 15) is 9.90 Å². The van der Waals surface area contributed by atoms with Crippen molar-refractivity contribution in [2.24, 2.45) is 0 Å². The molecule has 1 rings (SSSR count). The van der Waals surface area contributed by atoms with Gasteiger partial charge in [-0.1, -0.05) is 19.1 Å². The van der Waals surface area contributed by atoms with Crippen molar-refractivity contribution in [1.29, 1.82) is 0 Å². The van der Waals surface area contributed by atoms with Gasteiger partial charge >= 0.3 is 0 Å². The second-order valence-corrected chi connectivity index (χ2v) is 6.68. The molecule has 1 amide bonds. The van der Waals surface area contributed by atoms with E-state index >= 15 is 0 Å². The van der Waals surface area contributed by atoms with Crippen LogP contribution in [0.1, 0.15) is 34.1 Å². The number of aliphatic hydroxyl groups is 1. The van der Waals surface area contributed by atoms with Gasteiger partial charge in [-0.2, -0.15) is 0 Å². The number of hydrogen-bond acceptors (Lipinski definition) is 5. The summed E-state index contributed by atoms with van der Waals surface area (Å²) in [5.41, 5.74) is -0.0617. The van der Waals surface area contributed by atoms with Crippen molar-refractivity contribution in [2.45, 2.75) is 45.8 Å². The molecule has 136 valence electrons. The van der Waals surface area contributed by atoms with Gasteiger partial charge in [-0.05, 0) is 39.3 Å². The zero-order valence-corrected chi connectivity index (χ0v) is 15.1. The Balaban J connectivity index is 2.46. The summed E-state index contributed by atoms with van der Waals surface area (Å²) in [7, 11) is 0. The number of amides is 1. The van der Waals surface area contributed by atoms with E-state index in [1.165, 1.54) is 0 Å². The van der Waals surface area contributed by atoms with Gasteiger partial charge in [-0.25, -0.2) is 0 Å². The first-order chi connectivity index (χ1) is 11.3. The quantitative estimate of drug-likeness (QED) is 0.605. The van der Waals surface area contributed by atoms with Gasteiger partial charge in [-0.3, -0.25) is 4.79 Å². The van der Waals surface area contributed by atoms with Crippen molar-refractivity contribution in [2.75, 3.05) is 26.3 Å². The van der Waals surface area contributed by atoms with Crippen molar-refractivity contribution >= 4 is 5.91 Å². The lowest BCUT2D eigenvalue weighted by molar-refractivity contribution is -0.123. The zero-order chi connectivity index (χ0) is 18.0. The molecule has 6 heteroatoms. The van der Waals surface area contributed by atoms with Crippen LogP contribution in [0.2, 0.25) is 0 Å². The van der Waals surface area contributed by atoms with Crippen molar-refractivity contribution in [1.82, 2.24) is 10.6 Å². The fourth-order valence-corrected chi connectivity index (χ4v) is 1.82. The highest BCUT2D eigenvalue weighted by Crippen LogP contribution is 2.26. The van der Waals surface area contributed by atoms with E-state index < -0.39 is 6.10 Å². The van der Waals surface area contributed by atoms with Gasteiger partial charge in [-0.15, -0.1) is 0 Å². The fraction of sp³-hybridized carbons (Fsp3) is 0.611. The third-order valence-electron chi connectivity index (χ3n) is 3.08. The molecule has 1 atom stereocenters. The van der Waals surface area contributed by atoms with E-state index in [-0.39, 0.29) is 24.7 Å². The zero-order valence-electron chi connectivity index (χ0n) is 15.1. The molecule has 0 aliphatic heterocycles. The predicted molar refractivity (Wildman–Crippen MR) is 94.5 cm³/mol. The average Bonchev–Trinajstić information content (AvgIpc) is 2.54. The molecule has 0 heterocycles. The van der Waals surface area contributed by atoms with E-state index in [0.29, 0.717) is 24.6 Å². The highest BCUT2D eigenvalue weighted by molar-refractivity contribution is 5.77. The number of nitrogens with one attached hydrogen (secondary N) is 2. The molecular weight excluding hydrogens is 308 g/mol. The lowest BCUT2D eigenvalue weighted by Gasteiger charge is -2.23. The number of carbonyl (C=O) groups excluding carboxylic acids is 1. The van der Waals surface area contributed by atoms with Crippen LogP contribution in [-0.4, -0.2) is 49.0 Å². The maximum absolute atomic E-state index is 11.6. The molecule has 24 heavy (non-hydrogen) atoms. The highest BCUT2D eigenvalue weighted by atomic mass is 16.5. The summed E-state index contributed by atoms with van der Waals surface area (Å²) >= 11 is 0. The summed E-state index contributed by atoms with van der Waals surface area (Å²) in [6, 6.07) is 7.12. The minimum atomic E-state index is -0.634. The van der Waals surface area contributed by atoms with Crippen molar-refractivity contribution in [3.63, 3.8) is 0 Å². The summed E-state index contributed by atoms with van der Waals surface area (Å²) in [6.45, 7) is 9.25. The average molecular weight is 338 g/mol. The van der Waals surface area contributed by atoms with Crippen molar-refractivity contribution < 1.29 is 19.4 Å². The molecule has 3 N–H and O–H groups in total. The summed E-state index contributed by atoms with van der Waals surface area (Å²) in [5, 5.41) is 16.0. The normalized spacial score (nSPS) is 12.5. The lowest BCUT2D eigenvalue weighted by Crippen LogP contribution is -2.42. The lowest BCUT2D eigenvalue weighted by atomic mass is 10.1. The van der Waals surface area contributed by atoms with Gasteiger partial charge < -0.3 is 25.2 Å². The molecule has 0 radical (unpaired) electrons. The molecule has 0 bridgehead atoms. The van der Waals surface area contributed by atoms with E-state index in [1.54, 1.807) is 12.1 Å². The molecule has 0 fully saturated rings. The number of ether oxygens (including phenoxy) is 2. The SMILES string of the molecule is CCCNC(=O)COc1ccccc1OCC(O)CNC(C)(C)C. The third-order valence-corrected chi connectivity index (χ3v) is 3.08. The molecule has 0 saturated carbocycles. The smallest absolute Gasteiger partial charge is 0.257 e. The topological polar surface area (TPSA) is 79.8 Å².